The Morgan fingerprint density at radius 1 is 1.12 bits per heavy atom. The van der Waals surface area contributed by atoms with Crippen molar-refractivity contribution in [2.75, 3.05) is 4.90 Å². The first kappa shape index (κ1) is 15.4. The van der Waals surface area contributed by atoms with Crippen molar-refractivity contribution in [1.82, 2.24) is 5.32 Å². The Bertz CT molecular complexity index is 868. The number of rotatable bonds is 3. The number of nitrogens with zero attached hydrogens (tertiary/aromatic N) is 1. The molecule has 120 valence electrons. The maximum absolute atomic E-state index is 13.3. The highest BCUT2D eigenvalue weighted by Gasteiger charge is 2.36. The van der Waals surface area contributed by atoms with Crippen LogP contribution in [0.4, 0.5) is 14.9 Å². The van der Waals surface area contributed by atoms with Crippen LogP contribution < -0.4 is 10.2 Å². The highest BCUT2D eigenvalue weighted by atomic mass is 19.1. The van der Waals surface area contributed by atoms with Crippen LogP contribution in [0.5, 0.6) is 0 Å². The number of amides is 4. The third kappa shape index (κ3) is 3.00. The maximum atomic E-state index is 13.3. The summed E-state index contributed by atoms with van der Waals surface area (Å²) in [6, 6.07) is 7.43. The molecule has 0 atom stereocenters. The van der Waals surface area contributed by atoms with Gasteiger partial charge in [-0.05, 0) is 42.5 Å². The van der Waals surface area contributed by atoms with Crippen molar-refractivity contribution in [1.29, 1.82) is 0 Å². The standard InChI is InChI=1S/C17H11FN2O4/c18-11-4-1-5-12(10-11)20-16(22)14(15(21)19-17(20)23)8-2-6-13-7-3-9-24-13/h1-10H,(H,19,21,23). The zero-order valence-corrected chi connectivity index (χ0v) is 12.2. The van der Waals surface area contributed by atoms with E-state index in [4.69, 9.17) is 4.42 Å². The van der Waals surface area contributed by atoms with E-state index in [-0.39, 0.29) is 11.3 Å². The smallest absolute Gasteiger partial charge is 0.335 e. The molecular weight excluding hydrogens is 315 g/mol. The Hall–Kier alpha value is -3.48. The van der Waals surface area contributed by atoms with E-state index in [1.807, 2.05) is 0 Å². The molecule has 2 heterocycles. The molecule has 1 aliphatic heterocycles. The number of barbiturate groups is 1. The minimum atomic E-state index is -0.928. The summed E-state index contributed by atoms with van der Waals surface area (Å²) in [4.78, 5) is 36.9. The van der Waals surface area contributed by atoms with E-state index in [1.165, 1.54) is 36.6 Å². The van der Waals surface area contributed by atoms with Gasteiger partial charge in [0.15, 0.2) is 0 Å². The van der Waals surface area contributed by atoms with Crippen LogP contribution in [-0.2, 0) is 9.59 Å². The van der Waals surface area contributed by atoms with Crippen molar-refractivity contribution >= 4 is 29.6 Å². The fraction of sp³-hybridized carbons (Fsp3) is 0. The van der Waals surface area contributed by atoms with Gasteiger partial charge >= 0.3 is 6.03 Å². The molecule has 0 unspecified atom stereocenters. The Morgan fingerprint density at radius 2 is 1.96 bits per heavy atom. The van der Waals surface area contributed by atoms with Crippen molar-refractivity contribution in [3.63, 3.8) is 0 Å². The number of imide groups is 2. The van der Waals surface area contributed by atoms with Crippen molar-refractivity contribution in [2.24, 2.45) is 0 Å². The van der Waals surface area contributed by atoms with Crippen LogP contribution >= 0.6 is 0 Å². The van der Waals surface area contributed by atoms with Crippen LogP contribution in [0.2, 0.25) is 0 Å². The fourth-order valence-corrected chi connectivity index (χ4v) is 2.15. The molecule has 0 spiro atoms. The van der Waals surface area contributed by atoms with E-state index in [0.29, 0.717) is 10.7 Å². The highest BCUT2D eigenvalue weighted by molar-refractivity contribution is 6.37. The van der Waals surface area contributed by atoms with Crippen LogP contribution in [0.15, 0.2) is 64.8 Å². The quantitative estimate of drug-likeness (QED) is 0.694. The number of nitrogens with one attached hydrogen (secondary N) is 1. The number of anilines is 1. The number of benzene rings is 1. The zero-order valence-electron chi connectivity index (χ0n) is 12.2. The first-order valence-electron chi connectivity index (χ1n) is 6.93. The maximum Gasteiger partial charge on any atom is 0.335 e. The van der Waals surface area contributed by atoms with E-state index in [2.05, 4.69) is 5.32 Å². The van der Waals surface area contributed by atoms with Gasteiger partial charge in [-0.15, -0.1) is 0 Å². The lowest BCUT2D eigenvalue weighted by atomic mass is 10.1. The average Bonchev–Trinajstić information content (AvgIpc) is 3.03. The molecule has 3 rings (SSSR count). The summed E-state index contributed by atoms with van der Waals surface area (Å²) in [5, 5.41) is 2.05. The number of carbonyl (C=O) groups excluding carboxylic acids is 3. The molecule has 1 aromatic heterocycles. The van der Waals surface area contributed by atoms with Crippen LogP contribution in [0.3, 0.4) is 0 Å². The van der Waals surface area contributed by atoms with E-state index in [9.17, 15) is 18.8 Å². The Morgan fingerprint density at radius 3 is 2.67 bits per heavy atom. The van der Waals surface area contributed by atoms with Crippen LogP contribution in [-0.4, -0.2) is 17.8 Å². The summed E-state index contributed by atoms with van der Waals surface area (Å²) in [5.74, 6) is -1.72. The van der Waals surface area contributed by atoms with Gasteiger partial charge in [-0.3, -0.25) is 14.9 Å². The summed E-state index contributed by atoms with van der Waals surface area (Å²) >= 11 is 0. The molecule has 1 saturated heterocycles. The summed E-state index contributed by atoms with van der Waals surface area (Å²) in [6.07, 6.45) is 5.75. The molecule has 2 aromatic rings. The van der Waals surface area contributed by atoms with Gasteiger partial charge in [0.25, 0.3) is 11.8 Å². The van der Waals surface area contributed by atoms with Crippen molar-refractivity contribution in [2.45, 2.75) is 0 Å². The monoisotopic (exact) mass is 326 g/mol. The van der Waals surface area contributed by atoms with Gasteiger partial charge in [0.2, 0.25) is 0 Å². The Labute approximate surface area is 135 Å². The number of hydrogen-bond donors (Lipinski definition) is 1. The molecule has 1 fully saturated rings. The van der Waals surface area contributed by atoms with E-state index in [1.54, 1.807) is 18.2 Å². The van der Waals surface area contributed by atoms with Gasteiger partial charge in [-0.1, -0.05) is 12.1 Å². The number of hydrogen-bond acceptors (Lipinski definition) is 4. The molecule has 4 amide bonds. The zero-order chi connectivity index (χ0) is 17.1. The number of halogens is 1. The van der Waals surface area contributed by atoms with E-state index in [0.717, 1.165) is 6.07 Å². The van der Waals surface area contributed by atoms with Gasteiger partial charge in [-0.25, -0.2) is 14.1 Å². The topological polar surface area (TPSA) is 79.6 Å². The molecule has 0 bridgehead atoms. The second-order valence-electron chi connectivity index (χ2n) is 4.83. The SMILES string of the molecule is O=C1NC(=O)N(c2cccc(F)c2)C(=O)C1=CC=Cc1ccco1. The van der Waals surface area contributed by atoms with Crippen LogP contribution in [0.25, 0.3) is 6.08 Å². The van der Waals surface area contributed by atoms with Gasteiger partial charge in [0.05, 0.1) is 12.0 Å². The second kappa shape index (κ2) is 6.33. The second-order valence-corrected chi connectivity index (χ2v) is 4.83. The van der Waals surface area contributed by atoms with Crippen molar-refractivity contribution < 1.29 is 23.2 Å². The lowest BCUT2D eigenvalue weighted by Crippen LogP contribution is -2.54. The van der Waals surface area contributed by atoms with Crippen LogP contribution in [0.1, 0.15) is 5.76 Å². The summed E-state index contributed by atoms with van der Waals surface area (Å²) in [6.45, 7) is 0. The number of urea groups is 1. The Balaban J connectivity index is 1.91. The molecule has 1 N–H and O–H groups in total. The molecule has 0 radical (unpaired) electrons. The van der Waals surface area contributed by atoms with Gasteiger partial charge < -0.3 is 4.42 Å². The molecule has 1 aliphatic rings. The highest BCUT2D eigenvalue weighted by Crippen LogP contribution is 2.21. The lowest BCUT2D eigenvalue weighted by molar-refractivity contribution is -0.122. The number of furan rings is 1. The van der Waals surface area contributed by atoms with Gasteiger partial charge in [0.1, 0.15) is 17.2 Å². The molecule has 0 aliphatic carbocycles. The molecular formula is C17H11FN2O4. The summed E-state index contributed by atoms with van der Waals surface area (Å²) < 4.78 is 18.4. The fourth-order valence-electron chi connectivity index (χ4n) is 2.15. The third-order valence-electron chi connectivity index (χ3n) is 3.23. The minimum Gasteiger partial charge on any atom is -0.465 e. The molecule has 24 heavy (non-hydrogen) atoms. The molecule has 1 aromatic carbocycles. The van der Waals surface area contributed by atoms with Crippen molar-refractivity contribution in [3.05, 3.63) is 72.0 Å². The molecule has 7 heteroatoms. The average molecular weight is 326 g/mol. The first-order valence-corrected chi connectivity index (χ1v) is 6.93. The van der Waals surface area contributed by atoms with Crippen molar-refractivity contribution in [3.8, 4) is 0 Å². The van der Waals surface area contributed by atoms with Crippen LogP contribution in [0, 0.1) is 5.82 Å². The lowest BCUT2D eigenvalue weighted by Gasteiger charge is -2.26. The Kier molecular flexibility index (Phi) is 4.07. The first-order chi connectivity index (χ1) is 11.6. The van der Waals surface area contributed by atoms with E-state index >= 15 is 0 Å². The van der Waals surface area contributed by atoms with E-state index < -0.39 is 23.7 Å². The normalized spacial score (nSPS) is 17.0. The third-order valence-corrected chi connectivity index (χ3v) is 3.23. The molecule has 0 saturated carbocycles. The summed E-state index contributed by atoms with van der Waals surface area (Å²) in [5.41, 5.74) is -0.215. The summed E-state index contributed by atoms with van der Waals surface area (Å²) in [7, 11) is 0. The minimum absolute atomic E-state index is 0.0333. The largest absolute Gasteiger partial charge is 0.465 e. The predicted octanol–water partition coefficient (Wildman–Crippen LogP) is 2.64. The number of allylic oxidation sites excluding steroid dienone is 2. The predicted molar refractivity (Wildman–Crippen MR) is 83.2 cm³/mol. The number of carbonyl (C=O) groups is 3. The van der Waals surface area contributed by atoms with Gasteiger partial charge in [0, 0.05) is 0 Å². The van der Waals surface area contributed by atoms with Gasteiger partial charge in [-0.2, -0.15) is 0 Å². The molecule has 6 nitrogen and oxygen atoms in total.